The molecule has 0 saturated heterocycles. The first-order chi connectivity index (χ1) is 9.47. The topological polar surface area (TPSA) is 75.9 Å². The van der Waals surface area contributed by atoms with Gasteiger partial charge in [0.25, 0.3) is 0 Å². The lowest BCUT2D eigenvalue weighted by Crippen LogP contribution is -2.14. The van der Waals surface area contributed by atoms with E-state index in [2.05, 4.69) is 20.6 Å². The summed E-state index contributed by atoms with van der Waals surface area (Å²) in [5, 5.41) is 7.21. The lowest BCUT2D eigenvalue weighted by Gasteiger charge is -2.14. The molecule has 1 aromatic carbocycles. The summed E-state index contributed by atoms with van der Waals surface area (Å²) in [6.45, 7) is 4.02. The molecule has 0 radical (unpaired) electrons. The Bertz CT molecular complexity index is 616. The first kappa shape index (κ1) is 14.7. The molecule has 5 nitrogen and oxygen atoms in total. The number of nitrogens with one attached hydrogen (secondary N) is 2. The number of rotatable bonds is 4. The molecular weight excluding hydrogens is 297 g/mol. The summed E-state index contributed by atoms with van der Waals surface area (Å²) in [6.07, 6.45) is 1.45. The molecule has 0 unspecified atom stereocenters. The van der Waals surface area contributed by atoms with Gasteiger partial charge < -0.3 is 16.4 Å². The van der Waals surface area contributed by atoms with Crippen LogP contribution in [0.5, 0.6) is 0 Å². The fourth-order valence-electron chi connectivity index (χ4n) is 1.59. The highest BCUT2D eigenvalue weighted by atomic mass is 35.5. The Hall–Kier alpha value is -1.72. The van der Waals surface area contributed by atoms with Crippen molar-refractivity contribution < 1.29 is 0 Å². The zero-order chi connectivity index (χ0) is 14.7. The van der Waals surface area contributed by atoms with Gasteiger partial charge in [-0.25, -0.2) is 9.97 Å². The normalized spacial score (nSPS) is 10.7. The van der Waals surface area contributed by atoms with Crippen molar-refractivity contribution in [3.8, 4) is 0 Å². The van der Waals surface area contributed by atoms with E-state index in [-0.39, 0.29) is 6.04 Å². The minimum absolute atomic E-state index is 0.227. The number of hydrogen-bond acceptors (Lipinski definition) is 5. The molecular formula is C13H15Cl2N5. The summed E-state index contributed by atoms with van der Waals surface area (Å²) < 4.78 is 0. The third kappa shape index (κ3) is 3.43. The van der Waals surface area contributed by atoms with E-state index in [4.69, 9.17) is 28.9 Å². The number of nitrogens with two attached hydrogens (primary N) is 1. The van der Waals surface area contributed by atoms with E-state index in [1.807, 2.05) is 13.8 Å². The van der Waals surface area contributed by atoms with Crippen LogP contribution in [-0.4, -0.2) is 16.0 Å². The second-order valence-corrected chi connectivity index (χ2v) is 5.35. The summed E-state index contributed by atoms with van der Waals surface area (Å²) >= 11 is 11.8. The summed E-state index contributed by atoms with van der Waals surface area (Å²) in [5.74, 6) is 1.11. The molecule has 0 atom stereocenters. The van der Waals surface area contributed by atoms with Gasteiger partial charge in [0.15, 0.2) is 11.6 Å². The Morgan fingerprint density at radius 2 is 1.80 bits per heavy atom. The zero-order valence-corrected chi connectivity index (χ0v) is 12.6. The van der Waals surface area contributed by atoms with E-state index in [1.54, 1.807) is 18.2 Å². The van der Waals surface area contributed by atoms with Crippen molar-refractivity contribution in [2.75, 3.05) is 16.4 Å². The molecule has 20 heavy (non-hydrogen) atoms. The number of hydrogen-bond donors (Lipinski definition) is 3. The van der Waals surface area contributed by atoms with Crippen LogP contribution in [0.3, 0.4) is 0 Å². The fraction of sp³-hybridized carbons (Fsp3) is 0.231. The molecule has 2 rings (SSSR count). The Morgan fingerprint density at radius 3 is 2.45 bits per heavy atom. The van der Waals surface area contributed by atoms with Crippen molar-refractivity contribution in [3.63, 3.8) is 0 Å². The molecule has 2 aromatic rings. The van der Waals surface area contributed by atoms with Crippen molar-refractivity contribution in [2.24, 2.45) is 0 Å². The van der Waals surface area contributed by atoms with Gasteiger partial charge in [-0.3, -0.25) is 0 Å². The molecule has 106 valence electrons. The second kappa shape index (κ2) is 6.15. The molecule has 7 heteroatoms. The Kier molecular flexibility index (Phi) is 4.52. The van der Waals surface area contributed by atoms with Gasteiger partial charge in [0.05, 0.1) is 10.0 Å². The van der Waals surface area contributed by atoms with E-state index in [0.717, 1.165) is 5.69 Å². The van der Waals surface area contributed by atoms with Crippen molar-refractivity contribution >= 4 is 46.2 Å². The molecule has 0 bridgehead atoms. The van der Waals surface area contributed by atoms with Crippen LogP contribution in [0.25, 0.3) is 0 Å². The molecule has 0 fully saturated rings. The third-order valence-electron chi connectivity index (χ3n) is 2.49. The van der Waals surface area contributed by atoms with Crippen molar-refractivity contribution in [1.29, 1.82) is 0 Å². The lowest BCUT2D eigenvalue weighted by atomic mass is 10.3. The average Bonchev–Trinajstić information content (AvgIpc) is 2.38. The van der Waals surface area contributed by atoms with Gasteiger partial charge in [0.2, 0.25) is 0 Å². The predicted molar refractivity (Wildman–Crippen MR) is 84.9 cm³/mol. The van der Waals surface area contributed by atoms with Crippen LogP contribution in [0, 0.1) is 0 Å². The molecule has 0 amide bonds. The Morgan fingerprint density at radius 1 is 1.10 bits per heavy atom. The van der Waals surface area contributed by atoms with E-state index < -0.39 is 0 Å². The fourth-order valence-corrected chi connectivity index (χ4v) is 1.89. The first-order valence-corrected chi connectivity index (χ1v) is 6.82. The number of anilines is 4. The largest absolute Gasteiger partial charge is 0.393 e. The predicted octanol–water partition coefficient (Wildman–Crippen LogP) is 3.93. The second-order valence-electron chi connectivity index (χ2n) is 4.54. The summed E-state index contributed by atoms with van der Waals surface area (Å²) in [6, 6.07) is 5.44. The van der Waals surface area contributed by atoms with Crippen molar-refractivity contribution in [3.05, 3.63) is 34.6 Å². The zero-order valence-electron chi connectivity index (χ0n) is 11.1. The molecule has 4 N–H and O–H groups in total. The van der Waals surface area contributed by atoms with Crippen LogP contribution in [0.1, 0.15) is 13.8 Å². The van der Waals surface area contributed by atoms with Gasteiger partial charge in [0, 0.05) is 11.7 Å². The molecule has 1 aromatic heterocycles. The highest BCUT2D eigenvalue weighted by Gasteiger charge is 2.09. The van der Waals surface area contributed by atoms with Crippen molar-refractivity contribution in [1.82, 2.24) is 9.97 Å². The maximum absolute atomic E-state index is 6.04. The van der Waals surface area contributed by atoms with Crippen LogP contribution in [-0.2, 0) is 0 Å². The Balaban J connectivity index is 2.27. The summed E-state index contributed by atoms with van der Waals surface area (Å²) in [7, 11) is 0. The van der Waals surface area contributed by atoms with Gasteiger partial charge in [0.1, 0.15) is 12.0 Å². The minimum atomic E-state index is 0.227. The van der Waals surface area contributed by atoms with Crippen LogP contribution in [0.15, 0.2) is 24.5 Å². The molecule has 0 saturated carbocycles. The van der Waals surface area contributed by atoms with Crippen LogP contribution in [0.2, 0.25) is 10.0 Å². The van der Waals surface area contributed by atoms with Gasteiger partial charge in [-0.15, -0.1) is 0 Å². The first-order valence-electron chi connectivity index (χ1n) is 6.06. The maximum atomic E-state index is 6.04. The van der Waals surface area contributed by atoms with Crippen LogP contribution < -0.4 is 16.4 Å². The van der Waals surface area contributed by atoms with Gasteiger partial charge in [-0.1, -0.05) is 23.2 Å². The van der Waals surface area contributed by atoms with E-state index in [0.29, 0.717) is 27.4 Å². The molecule has 1 heterocycles. The van der Waals surface area contributed by atoms with E-state index in [1.165, 1.54) is 6.33 Å². The van der Waals surface area contributed by atoms with Crippen LogP contribution in [0.4, 0.5) is 23.0 Å². The molecule has 0 aliphatic rings. The third-order valence-corrected chi connectivity index (χ3v) is 3.23. The highest BCUT2D eigenvalue weighted by molar-refractivity contribution is 6.42. The SMILES string of the molecule is CC(C)Nc1ncnc(Nc2ccc(Cl)c(Cl)c2)c1N. The summed E-state index contributed by atoms with van der Waals surface area (Å²) in [5.41, 5.74) is 7.24. The van der Waals surface area contributed by atoms with Crippen LogP contribution >= 0.6 is 23.2 Å². The van der Waals surface area contributed by atoms with Gasteiger partial charge in [-0.2, -0.15) is 0 Å². The van der Waals surface area contributed by atoms with Crippen molar-refractivity contribution in [2.45, 2.75) is 19.9 Å². The van der Waals surface area contributed by atoms with E-state index in [9.17, 15) is 0 Å². The number of nitrogens with zero attached hydrogens (tertiary/aromatic N) is 2. The smallest absolute Gasteiger partial charge is 0.159 e. The number of nitrogen functional groups attached to an aromatic ring is 1. The average molecular weight is 312 g/mol. The molecule has 0 spiro atoms. The number of benzene rings is 1. The highest BCUT2D eigenvalue weighted by Crippen LogP contribution is 2.29. The Labute approximate surface area is 127 Å². The lowest BCUT2D eigenvalue weighted by molar-refractivity contribution is 0.887. The summed E-state index contributed by atoms with van der Waals surface area (Å²) in [4.78, 5) is 8.25. The standard InChI is InChI=1S/C13H15Cl2N5/c1-7(2)19-12-11(16)13(18-6-17-12)20-8-3-4-9(14)10(15)5-8/h3-7H,16H2,1-2H3,(H2,17,18,19,20). The minimum Gasteiger partial charge on any atom is -0.393 e. The van der Waals surface area contributed by atoms with E-state index >= 15 is 0 Å². The van der Waals surface area contributed by atoms with Gasteiger partial charge in [-0.05, 0) is 32.0 Å². The number of halogens is 2. The molecule has 0 aliphatic heterocycles. The monoisotopic (exact) mass is 311 g/mol. The quantitative estimate of drug-likeness (QED) is 0.797. The molecule has 0 aliphatic carbocycles. The maximum Gasteiger partial charge on any atom is 0.159 e. The number of aromatic nitrogens is 2. The van der Waals surface area contributed by atoms with Gasteiger partial charge >= 0.3 is 0 Å².